The number of anilines is 3. The predicted octanol–water partition coefficient (Wildman–Crippen LogP) is 12.4. The van der Waals surface area contributed by atoms with Gasteiger partial charge >= 0.3 is 0 Å². The number of rotatable bonds is 3. The third kappa shape index (κ3) is 3.65. The van der Waals surface area contributed by atoms with Gasteiger partial charge in [0.05, 0.1) is 5.69 Å². The van der Waals surface area contributed by atoms with E-state index in [2.05, 4.69) is 132 Å². The van der Waals surface area contributed by atoms with E-state index in [4.69, 9.17) is 8.83 Å². The smallest absolute Gasteiger partial charge is 0.137 e. The molecule has 3 heteroatoms. The molecule has 3 nitrogen and oxygen atoms in total. The number of para-hydroxylation sites is 2. The molecule has 10 rings (SSSR count). The van der Waals surface area contributed by atoms with Crippen LogP contribution in [0.3, 0.4) is 0 Å². The fraction of sp³-hybridized carbons (Fsp3) is 0. The van der Waals surface area contributed by atoms with Gasteiger partial charge in [0.1, 0.15) is 22.3 Å². The van der Waals surface area contributed by atoms with Crippen LogP contribution in [0.4, 0.5) is 17.1 Å². The largest absolute Gasteiger partial charge is 0.456 e. The van der Waals surface area contributed by atoms with E-state index in [0.717, 1.165) is 66.3 Å². The maximum Gasteiger partial charge on any atom is 0.137 e. The molecule has 0 spiro atoms. The highest BCUT2D eigenvalue weighted by Gasteiger charge is 2.19. The van der Waals surface area contributed by atoms with Crippen molar-refractivity contribution in [3.8, 4) is 0 Å². The van der Waals surface area contributed by atoms with Crippen LogP contribution in [-0.2, 0) is 0 Å². The van der Waals surface area contributed by atoms with Crippen LogP contribution in [0, 0.1) is 0 Å². The van der Waals surface area contributed by atoms with E-state index in [1.165, 1.54) is 26.9 Å². The van der Waals surface area contributed by atoms with Crippen LogP contribution in [0.5, 0.6) is 0 Å². The Labute approximate surface area is 258 Å². The predicted molar refractivity (Wildman–Crippen MR) is 188 cm³/mol. The van der Waals surface area contributed by atoms with Crippen molar-refractivity contribution < 1.29 is 8.83 Å². The maximum atomic E-state index is 6.36. The minimum Gasteiger partial charge on any atom is -0.456 e. The van der Waals surface area contributed by atoms with E-state index in [-0.39, 0.29) is 0 Å². The second-order valence-electron chi connectivity index (χ2n) is 11.8. The lowest BCUT2D eigenvalue weighted by atomic mass is 9.98. The maximum absolute atomic E-state index is 6.36. The fourth-order valence-corrected chi connectivity index (χ4v) is 7.08. The molecular formula is C42H25NO2. The van der Waals surface area contributed by atoms with Gasteiger partial charge in [-0.1, -0.05) is 91.0 Å². The second kappa shape index (κ2) is 9.22. The zero-order chi connectivity index (χ0) is 29.5. The summed E-state index contributed by atoms with van der Waals surface area (Å²) in [7, 11) is 0. The number of furan rings is 2. The summed E-state index contributed by atoms with van der Waals surface area (Å²) in [6.07, 6.45) is 0. The van der Waals surface area contributed by atoms with Crippen molar-refractivity contribution in [1.29, 1.82) is 0 Å². The zero-order valence-electron chi connectivity index (χ0n) is 24.2. The fourth-order valence-electron chi connectivity index (χ4n) is 7.08. The Balaban J connectivity index is 1.25. The van der Waals surface area contributed by atoms with Gasteiger partial charge < -0.3 is 13.7 Å². The normalized spacial score (nSPS) is 12.0. The Morgan fingerprint density at radius 1 is 0.311 bits per heavy atom. The van der Waals surface area contributed by atoms with Gasteiger partial charge in [-0.05, 0) is 81.5 Å². The van der Waals surface area contributed by atoms with E-state index >= 15 is 0 Å². The van der Waals surface area contributed by atoms with Gasteiger partial charge in [0.2, 0.25) is 0 Å². The Hall–Kier alpha value is -6.06. The molecule has 2 aromatic heterocycles. The number of hydrogen-bond donors (Lipinski definition) is 0. The summed E-state index contributed by atoms with van der Waals surface area (Å²) in [5, 5.41) is 11.7. The highest BCUT2D eigenvalue weighted by atomic mass is 16.3. The molecule has 0 unspecified atom stereocenters. The third-order valence-electron chi connectivity index (χ3n) is 9.20. The highest BCUT2D eigenvalue weighted by Crippen LogP contribution is 2.43. The van der Waals surface area contributed by atoms with Crippen molar-refractivity contribution in [2.24, 2.45) is 0 Å². The summed E-state index contributed by atoms with van der Waals surface area (Å²) in [5.74, 6) is 0. The summed E-state index contributed by atoms with van der Waals surface area (Å²) >= 11 is 0. The number of hydrogen-bond acceptors (Lipinski definition) is 3. The molecule has 0 amide bonds. The number of nitrogens with zero attached hydrogens (tertiary/aromatic N) is 1. The minimum absolute atomic E-state index is 0.874. The molecule has 0 radical (unpaired) electrons. The van der Waals surface area contributed by atoms with Crippen LogP contribution in [-0.4, -0.2) is 0 Å². The number of benzene rings is 8. The van der Waals surface area contributed by atoms with Crippen LogP contribution in [0.25, 0.3) is 76.2 Å². The molecule has 0 bridgehead atoms. The Morgan fingerprint density at radius 3 is 1.71 bits per heavy atom. The molecule has 0 aliphatic carbocycles. The zero-order valence-corrected chi connectivity index (χ0v) is 24.2. The van der Waals surface area contributed by atoms with E-state index in [9.17, 15) is 0 Å². The molecular weight excluding hydrogens is 550 g/mol. The Morgan fingerprint density at radius 2 is 0.867 bits per heavy atom. The Kier molecular flexibility index (Phi) is 5.00. The molecule has 10 aromatic rings. The SMILES string of the molecule is c1ccc2c(N(c3ccc4c(c3)oc3ccccc34)c3ccc4ccc5cc6oc7ccccc7c6cc5c4c3)cccc2c1. The van der Waals surface area contributed by atoms with Crippen LogP contribution in [0.15, 0.2) is 160 Å². The van der Waals surface area contributed by atoms with Gasteiger partial charge in [-0.25, -0.2) is 0 Å². The number of fused-ring (bicyclic) bond motifs is 10. The lowest BCUT2D eigenvalue weighted by Gasteiger charge is -2.27. The van der Waals surface area contributed by atoms with Crippen molar-refractivity contribution in [1.82, 2.24) is 0 Å². The topological polar surface area (TPSA) is 29.5 Å². The van der Waals surface area contributed by atoms with Gasteiger partial charge in [-0.3, -0.25) is 0 Å². The van der Waals surface area contributed by atoms with Gasteiger partial charge in [0.25, 0.3) is 0 Å². The van der Waals surface area contributed by atoms with Crippen molar-refractivity contribution in [2.75, 3.05) is 4.90 Å². The summed E-state index contributed by atoms with van der Waals surface area (Å²) in [6, 6.07) is 53.9. The first-order chi connectivity index (χ1) is 22.3. The molecule has 2 heterocycles. The average Bonchev–Trinajstić information content (AvgIpc) is 3.65. The first kappa shape index (κ1) is 24.4. The van der Waals surface area contributed by atoms with Gasteiger partial charge in [-0.15, -0.1) is 0 Å². The first-order valence-electron chi connectivity index (χ1n) is 15.3. The van der Waals surface area contributed by atoms with E-state index in [1.54, 1.807) is 0 Å². The van der Waals surface area contributed by atoms with E-state index in [1.807, 2.05) is 24.3 Å². The quantitative estimate of drug-likeness (QED) is 0.196. The molecule has 0 aliphatic rings. The molecule has 45 heavy (non-hydrogen) atoms. The average molecular weight is 576 g/mol. The summed E-state index contributed by atoms with van der Waals surface area (Å²) in [6.45, 7) is 0. The molecule has 210 valence electrons. The summed E-state index contributed by atoms with van der Waals surface area (Å²) in [4.78, 5) is 2.36. The highest BCUT2D eigenvalue weighted by molar-refractivity contribution is 6.17. The second-order valence-corrected chi connectivity index (χ2v) is 11.8. The summed E-state index contributed by atoms with van der Waals surface area (Å²) < 4.78 is 12.6. The molecule has 0 atom stereocenters. The van der Waals surface area contributed by atoms with Crippen LogP contribution in [0.2, 0.25) is 0 Å². The monoisotopic (exact) mass is 575 g/mol. The van der Waals surface area contributed by atoms with E-state index < -0.39 is 0 Å². The van der Waals surface area contributed by atoms with E-state index in [0.29, 0.717) is 0 Å². The Bertz CT molecular complexity index is 2780. The lowest BCUT2D eigenvalue weighted by molar-refractivity contribution is 0.669. The third-order valence-corrected chi connectivity index (χ3v) is 9.20. The van der Waals surface area contributed by atoms with Gasteiger partial charge in [0, 0.05) is 44.4 Å². The molecule has 0 N–H and O–H groups in total. The van der Waals surface area contributed by atoms with Gasteiger partial charge in [0.15, 0.2) is 0 Å². The standard InChI is InChI=1S/C42H25NO2/c1-2-10-31-26(8-1)9-7-13-38(31)43(30-20-21-34-32-11-3-5-14-39(32)45-42(34)24-30)29-19-18-27-16-17-28-22-41-37(25-36(28)35(27)23-29)33-12-4-6-15-40(33)44-41/h1-25H. The van der Waals surface area contributed by atoms with Crippen molar-refractivity contribution in [3.63, 3.8) is 0 Å². The molecule has 0 fully saturated rings. The molecule has 0 saturated carbocycles. The van der Waals surface area contributed by atoms with Crippen LogP contribution in [0.1, 0.15) is 0 Å². The molecule has 8 aromatic carbocycles. The van der Waals surface area contributed by atoms with Gasteiger partial charge in [-0.2, -0.15) is 0 Å². The van der Waals surface area contributed by atoms with Crippen LogP contribution < -0.4 is 4.90 Å². The first-order valence-corrected chi connectivity index (χ1v) is 15.3. The van der Waals surface area contributed by atoms with Crippen molar-refractivity contribution in [2.45, 2.75) is 0 Å². The summed E-state index contributed by atoms with van der Waals surface area (Å²) in [5.41, 5.74) is 6.84. The molecule has 0 aliphatic heterocycles. The molecule has 0 saturated heterocycles. The minimum atomic E-state index is 0.874. The van der Waals surface area contributed by atoms with Crippen molar-refractivity contribution in [3.05, 3.63) is 152 Å². The van der Waals surface area contributed by atoms with Crippen molar-refractivity contribution >= 4 is 93.3 Å². The lowest BCUT2D eigenvalue weighted by Crippen LogP contribution is -2.10. The van der Waals surface area contributed by atoms with Crippen LogP contribution >= 0.6 is 0 Å².